The Morgan fingerprint density at radius 3 is 1.38 bits per heavy atom. The van der Waals surface area contributed by atoms with Gasteiger partial charge in [-0.05, 0) is 26.7 Å². The third-order valence-electron chi connectivity index (χ3n) is 0.979. The molecule has 0 aliphatic carbocycles. The van der Waals surface area contributed by atoms with Gasteiger partial charge in [-0.1, -0.05) is 11.1 Å². The van der Waals surface area contributed by atoms with Gasteiger partial charge in [-0.15, -0.1) is 13.2 Å². The van der Waals surface area contributed by atoms with Crippen LogP contribution in [-0.2, 0) is 0 Å². The van der Waals surface area contributed by atoms with Crippen LogP contribution in [0.1, 0.15) is 26.7 Å². The smallest absolute Gasteiger partial charge is 0.0289 e. The van der Waals surface area contributed by atoms with Crippen molar-refractivity contribution in [2.75, 3.05) is 0 Å². The van der Waals surface area contributed by atoms with Crippen LogP contribution in [0.3, 0.4) is 0 Å². The quantitative estimate of drug-likeness (QED) is 0.490. The summed E-state index contributed by atoms with van der Waals surface area (Å²) in [6, 6.07) is 0. The molecule has 0 rings (SSSR count). The van der Waals surface area contributed by atoms with Crippen molar-refractivity contribution < 1.29 is 0 Å². The molecule has 8 heavy (non-hydrogen) atoms. The lowest BCUT2D eigenvalue weighted by molar-refractivity contribution is 0.933. The number of allylic oxidation sites excluding steroid dienone is 2. The van der Waals surface area contributed by atoms with Crippen LogP contribution in [0.25, 0.3) is 0 Å². The van der Waals surface area contributed by atoms with Gasteiger partial charge < -0.3 is 0 Å². The van der Waals surface area contributed by atoms with E-state index in [0.717, 1.165) is 12.8 Å². The van der Waals surface area contributed by atoms with Crippen LogP contribution >= 0.6 is 0 Å². The van der Waals surface area contributed by atoms with Gasteiger partial charge in [0.2, 0.25) is 0 Å². The van der Waals surface area contributed by atoms with Crippen LogP contribution in [-0.4, -0.2) is 0 Å². The van der Waals surface area contributed by atoms with E-state index in [1.807, 2.05) is 13.8 Å². The second-order valence-corrected chi connectivity index (χ2v) is 2.41. The molecule has 0 saturated carbocycles. The standard InChI is InChI=1S/C8H14/c1-7(2)5-6-8(3)4/h1,3,5-6H2,2,4H3. The van der Waals surface area contributed by atoms with Gasteiger partial charge in [0.05, 0.1) is 0 Å². The Bertz CT molecular complexity index is 84.6. The van der Waals surface area contributed by atoms with Crippen molar-refractivity contribution in [3.63, 3.8) is 0 Å². The van der Waals surface area contributed by atoms with Crippen LogP contribution in [0.2, 0.25) is 0 Å². The molecule has 0 amide bonds. The van der Waals surface area contributed by atoms with E-state index in [2.05, 4.69) is 13.2 Å². The van der Waals surface area contributed by atoms with Gasteiger partial charge in [0.25, 0.3) is 0 Å². The Hall–Kier alpha value is -0.520. The first-order valence-corrected chi connectivity index (χ1v) is 2.91. The lowest BCUT2D eigenvalue weighted by Crippen LogP contribution is -1.75. The maximum Gasteiger partial charge on any atom is -0.0289 e. The van der Waals surface area contributed by atoms with Crippen LogP contribution in [0.5, 0.6) is 0 Å². The zero-order chi connectivity index (χ0) is 6.57. The Morgan fingerprint density at radius 1 is 1.00 bits per heavy atom. The minimum Gasteiger partial charge on any atom is -0.100 e. The molecule has 0 aromatic rings. The van der Waals surface area contributed by atoms with Gasteiger partial charge in [-0.3, -0.25) is 0 Å². The molecule has 0 aromatic carbocycles. The molecule has 0 atom stereocenters. The molecule has 0 spiro atoms. The number of hydrogen-bond acceptors (Lipinski definition) is 0. The van der Waals surface area contributed by atoms with Gasteiger partial charge in [0.15, 0.2) is 0 Å². The molecule has 0 saturated heterocycles. The molecular weight excluding hydrogens is 96.1 g/mol. The zero-order valence-electron chi connectivity index (χ0n) is 5.83. The van der Waals surface area contributed by atoms with Crippen molar-refractivity contribution in [3.05, 3.63) is 24.3 Å². The monoisotopic (exact) mass is 110 g/mol. The lowest BCUT2D eigenvalue weighted by Gasteiger charge is -1.95. The summed E-state index contributed by atoms with van der Waals surface area (Å²) in [7, 11) is 0. The summed E-state index contributed by atoms with van der Waals surface area (Å²) in [5, 5.41) is 0. The molecule has 0 nitrogen and oxygen atoms in total. The van der Waals surface area contributed by atoms with Crippen LogP contribution in [0, 0.1) is 0 Å². The summed E-state index contributed by atoms with van der Waals surface area (Å²) in [6.45, 7) is 11.7. The molecule has 0 aliphatic rings. The predicted octanol–water partition coefficient (Wildman–Crippen LogP) is 2.92. The summed E-state index contributed by atoms with van der Waals surface area (Å²) in [5.41, 5.74) is 2.49. The summed E-state index contributed by atoms with van der Waals surface area (Å²) in [4.78, 5) is 0. The molecule has 46 valence electrons. The minimum atomic E-state index is 1.09. The molecule has 0 unspecified atom stereocenters. The van der Waals surface area contributed by atoms with E-state index >= 15 is 0 Å². The van der Waals surface area contributed by atoms with E-state index in [4.69, 9.17) is 0 Å². The molecule has 0 fully saturated rings. The molecule has 0 heterocycles. The summed E-state index contributed by atoms with van der Waals surface area (Å²) >= 11 is 0. The highest BCUT2D eigenvalue weighted by molar-refractivity contribution is 4.96. The third-order valence-corrected chi connectivity index (χ3v) is 0.979. The fourth-order valence-electron chi connectivity index (χ4n) is 0.427. The van der Waals surface area contributed by atoms with E-state index in [1.54, 1.807) is 0 Å². The van der Waals surface area contributed by atoms with Gasteiger partial charge in [-0.25, -0.2) is 0 Å². The van der Waals surface area contributed by atoms with E-state index in [1.165, 1.54) is 11.1 Å². The Balaban J connectivity index is 3.18. The first kappa shape index (κ1) is 7.48. The van der Waals surface area contributed by atoms with E-state index in [-0.39, 0.29) is 0 Å². The van der Waals surface area contributed by atoms with Crippen LogP contribution in [0.15, 0.2) is 24.3 Å². The SMILES string of the molecule is C=C(C)CCC(=C)C. The van der Waals surface area contributed by atoms with Crippen molar-refractivity contribution in [1.82, 2.24) is 0 Å². The Kier molecular flexibility index (Phi) is 3.25. The minimum absolute atomic E-state index is 1.09. The second kappa shape index (κ2) is 3.48. The highest BCUT2D eigenvalue weighted by Gasteiger charge is 1.85. The highest BCUT2D eigenvalue weighted by Crippen LogP contribution is 2.05. The first-order chi connectivity index (χ1) is 3.63. The summed E-state index contributed by atoms with van der Waals surface area (Å²) in [6.07, 6.45) is 2.19. The topological polar surface area (TPSA) is 0 Å². The predicted molar refractivity (Wildman–Crippen MR) is 38.9 cm³/mol. The zero-order valence-corrected chi connectivity index (χ0v) is 5.83. The van der Waals surface area contributed by atoms with Crippen molar-refractivity contribution in [2.24, 2.45) is 0 Å². The largest absolute Gasteiger partial charge is 0.100 e. The average Bonchev–Trinajstić information content (AvgIpc) is 1.61. The van der Waals surface area contributed by atoms with E-state index in [9.17, 15) is 0 Å². The highest BCUT2D eigenvalue weighted by atomic mass is 13.9. The maximum atomic E-state index is 3.79. The molecule has 0 heteroatoms. The van der Waals surface area contributed by atoms with Gasteiger partial charge >= 0.3 is 0 Å². The van der Waals surface area contributed by atoms with E-state index in [0.29, 0.717) is 0 Å². The third kappa shape index (κ3) is 5.48. The summed E-state index contributed by atoms with van der Waals surface area (Å²) < 4.78 is 0. The Labute approximate surface area is 51.9 Å². The lowest BCUT2D eigenvalue weighted by atomic mass is 10.1. The first-order valence-electron chi connectivity index (χ1n) is 2.91. The number of hydrogen-bond donors (Lipinski definition) is 0. The molecular formula is C8H14. The molecule has 0 radical (unpaired) electrons. The van der Waals surface area contributed by atoms with Gasteiger partial charge in [-0.2, -0.15) is 0 Å². The molecule has 0 bridgehead atoms. The van der Waals surface area contributed by atoms with Crippen LogP contribution < -0.4 is 0 Å². The van der Waals surface area contributed by atoms with Crippen molar-refractivity contribution >= 4 is 0 Å². The number of rotatable bonds is 3. The summed E-state index contributed by atoms with van der Waals surface area (Å²) in [5.74, 6) is 0. The maximum absolute atomic E-state index is 3.79. The van der Waals surface area contributed by atoms with E-state index < -0.39 is 0 Å². The Morgan fingerprint density at radius 2 is 1.25 bits per heavy atom. The molecule has 0 N–H and O–H groups in total. The molecule has 0 aliphatic heterocycles. The molecule has 0 aromatic heterocycles. The normalized spacial score (nSPS) is 8.75. The fourth-order valence-corrected chi connectivity index (χ4v) is 0.427. The van der Waals surface area contributed by atoms with Gasteiger partial charge in [0.1, 0.15) is 0 Å². The van der Waals surface area contributed by atoms with Crippen LogP contribution in [0.4, 0.5) is 0 Å². The van der Waals surface area contributed by atoms with Crippen molar-refractivity contribution in [1.29, 1.82) is 0 Å². The average molecular weight is 110 g/mol. The van der Waals surface area contributed by atoms with Crippen molar-refractivity contribution in [2.45, 2.75) is 26.7 Å². The fraction of sp³-hybridized carbons (Fsp3) is 0.500. The van der Waals surface area contributed by atoms with Crippen molar-refractivity contribution in [3.8, 4) is 0 Å². The second-order valence-electron chi connectivity index (χ2n) is 2.41. The van der Waals surface area contributed by atoms with Gasteiger partial charge in [0, 0.05) is 0 Å².